The molecular formula is C9H2Cl4CuF16O3Pd. The van der Waals surface area contributed by atoms with Gasteiger partial charge in [-0.25, -0.2) is 4.74 Å². The average molecular weight is 774 g/mol. The molecule has 0 saturated heterocycles. The Balaban J connectivity index is -0.0000000869. The van der Waals surface area contributed by atoms with Crippen LogP contribution < -0.4 is 0 Å². The van der Waals surface area contributed by atoms with Gasteiger partial charge in [0.05, 0.1) is 0 Å². The fraction of sp³-hybridized carbons (Fsp3) is 0.556. The van der Waals surface area contributed by atoms with Gasteiger partial charge >= 0.3 is 41.9 Å². The van der Waals surface area contributed by atoms with Crippen LogP contribution in [0.4, 0.5) is 70.2 Å². The minimum Gasteiger partial charge on any atom is -0.390 e. The summed E-state index contributed by atoms with van der Waals surface area (Å²) < 4.78 is 186. The van der Waals surface area contributed by atoms with E-state index in [-0.39, 0.29) is 38.9 Å². The third kappa shape index (κ3) is 28.5. The van der Waals surface area contributed by atoms with Crippen LogP contribution in [-0.2, 0) is 51.7 Å². The van der Waals surface area contributed by atoms with Crippen molar-refractivity contribution in [2.75, 3.05) is 0 Å². The molecule has 0 aromatic heterocycles. The summed E-state index contributed by atoms with van der Waals surface area (Å²) in [5, 5.41) is -13.0. The van der Waals surface area contributed by atoms with Crippen molar-refractivity contribution in [2.45, 2.75) is 29.8 Å². The van der Waals surface area contributed by atoms with Crippen LogP contribution in [0.2, 0.25) is 0 Å². The van der Waals surface area contributed by atoms with E-state index in [0.717, 1.165) is 0 Å². The molecule has 25 heteroatoms. The summed E-state index contributed by atoms with van der Waals surface area (Å²) in [4.78, 5) is 0. The molecule has 0 heterocycles. The van der Waals surface area contributed by atoms with E-state index in [2.05, 4.69) is 60.6 Å². The molecule has 0 fully saturated rings. The van der Waals surface area contributed by atoms with Gasteiger partial charge in [0, 0.05) is 38.9 Å². The van der Waals surface area contributed by atoms with Gasteiger partial charge in [-0.2, -0.15) is 30.7 Å². The number of halogens is 20. The third-order valence-corrected chi connectivity index (χ3v) is 2.45. The van der Waals surface area contributed by atoms with Crippen LogP contribution in [0, 0.1) is 0 Å². The zero-order chi connectivity index (χ0) is 26.9. The predicted octanol–water partition coefficient (Wildman–Crippen LogP) is 9.11. The Morgan fingerprint density at radius 3 is 1.03 bits per heavy atom. The van der Waals surface area contributed by atoms with Crippen LogP contribution in [0.25, 0.3) is 0 Å². The Morgan fingerprint density at radius 2 is 0.941 bits per heavy atom. The smallest absolute Gasteiger partial charge is 0.390 e. The molecule has 0 bridgehead atoms. The van der Waals surface area contributed by atoms with Crippen LogP contribution in [0.5, 0.6) is 0 Å². The van der Waals surface area contributed by atoms with Crippen molar-refractivity contribution >= 4 is 46.4 Å². The van der Waals surface area contributed by atoms with E-state index in [9.17, 15) is 70.2 Å². The molecule has 0 aromatic carbocycles. The monoisotopic (exact) mass is 771 g/mol. The Bertz CT molecular complexity index is 608. The normalized spacial score (nSPS) is 14.2. The summed E-state index contributed by atoms with van der Waals surface area (Å²) in [6.07, 6.45) is -19.2. The van der Waals surface area contributed by atoms with Crippen molar-refractivity contribution in [3.63, 3.8) is 0 Å². The summed E-state index contributed by atoms with van der Waals surface area (Å²) in [5.74, 6) is 0. The number of hydrogen-bond donors (Lipinski definition) is 0. The van der Waals surface area contributed by atoms with Crippen molar-refractivity contribution in [3.05, 3.63) is 22.6 Å². The molecule has 0 rings (SSSR count). The second-order valence-corrected chi connectivity index (χ2v) is 5.36. The Kier molecular flexibility index (Phi) is 22.0. The van der Waals surface area contributed by atoms with Gasteiger partial charge in [0.15, 0.2) is 0 Å². The first-order valence-electron chi connectivity index (χ1n) is 5.75. The van der Waals surface area contributed by atoms with E-state index in [1.807, 2.05) is 0 Å². The Morgan fingerprint density at radius 1 is 0.618 bits per heavy atom. The number of ether oxygens (including phenoxy) is 3. The fourth-order valence-electron chi connectivity index (χ4n) is 0.484. The van der Waals surface area contributed by atoms with E-state index < -0.39 is 52.4 Å². The van der Waals surface area contributed by atoms with Crippen LogP contribution in [-0.4, -0.2) is 29.8 Å². The molecule has 3 nitrogen and oxygen atoms in total. The summed E-state index contributed by atoms with van der Waals surface area (Å²) in [6, 6.07) is -2.92. The van der Waals surface area contributed by atoms with Crippen LogP contribution >= 0.6 is 46.4 Å². The maximum atomic E-state index is 12.0. The predicted molar refractivity (Wildman–Crippen MR) is 74.2 cm³/mol. The van der Waals surface area contributed by atoms with E-state index in [4.69, 9.17) is 0 Å². The molecule has 217 valence electrons. The maximum absolute atomic E-state index is 12.0. The quantitative estimate of drug-likeness (QED) is 0.124. The molecule has 0 saturated carbocycles. The average Bonchev–Trinajstić information content (AvgIpc) is 2.40. The van der Waals surface area contributed by atoms with Gasteiger partial charge < -0.3 is 9.47 Å². The largest absolute Gasteiger partial charge is 0.574 e. The summed E-state index contributed by atoms with van der Waals surface area (Å²) in [7, 11) is 0. The van der Waals surface area contributed by atoms with Gasteiger partial charge in [0.2, 0.25) is 10.5 Å². The first-order valence-corrected chi connectivity index (χ1v) is 7.27. The molecule has 1 unspecified atom stereocenters. The molecule has 1 radical (unpaired) electrons. The first-order chi connectivity index (χ1) is 13.6. The van der Waals surface area contributed by atoms with Gasteiger partial charge in [-0.15, -0.1) is 39.5 Å². The van der Waals surface area contributed by atoms with E-state index in [0.29, 0.717) is 0 Å². The van der Waals surface area contributed by atoms with E-state index in [1.54, 1.807) is 0 Å². The van der Waals surface area contributed by atoms with Gasteiger partial charge in [-0.1, -0.05) is 0 Å². The molecule has 0 aromatic rings. The van der Waals surface area contributed by atoms with Crippen molar-refractivity contribution in [2.24, 2.45) is 0 Å². The second kappa shape index (κ2) is 16.9. The van der Waals surface area contributed by atoms with Crippen molar-refractivity contribution in [3.8, 4) is 0 Å². The van der Waals surface area contributed by atoms with Crippen molar-refractivity contribution in [1.29, 1.82) is 0 Å². The van der Waals surface area contributed by atoms with Crippen LogP contribution in [0.15, 0.2) is 22.6 Å². The minimum absolute atomic E-state index is 0. The van der Waals surface area contributed by atoms with Crippen molar-refractivity contribution < 1.29 is 123 Å². The summed E-state index contributed by atoms with van der Waals surface area (Å²) >= 11 is 16.8. The number of rotatable bonds is 4. The van der Waals surface area contributed by atoms with Crippen LogP contribution in [0.3, 0.4) is 0 Å². The van der Waals surface area contributed by atoms with E-state index in [1.165, 1.54) is 0 Å². The SMILES string of the molecule is F/C(Cl)=C(\Cl)OC(F)(F)F.FC(F)(F)OC(F)(Cl)C(F)(F)Cl.FC(F)=C(F)OC(F)(F)F.[Cu].[HH].[Pd]. The maximum Gasteiger partial charge on any atom is 0.574 e. The van der Waals surface area contributed by atoms with Crippen molar-refractivity contribution in [1.82, 2.24) is 0 Å². The van der Waals surface area contributed by atoms with Gasteiger partial charge in [0.1, 0.15) is 0 Å². The van der Waals surface area contributed by atoms with Gasteiger partial charge in [0.25, 0.3) is 0 Å². The molecular weight excluding hydrogens is 772 g/mol. The first kappa shape index (κ1) is 44.3. The molecule has 0 N–H and O–H groups in total. The molecule has 0 aliphatic heterocycles. The topological polar surface area (TPSA) is 27.7 Å². The molecule has 0 spiro atoms. The zero-order valence-corrected chi connectivity index (χ0v) is 19.4. The number of alkyl halides is 14. The molecule has 0 aliphatic carbocycles. The molecule has 0 aliphatic rings. The minimum atomic E-state index is -5.63. The Labute approximate surface area is 221 Å². The summed E-state index contributed by atoms with van der Waals surface area (Å²) in [5.41, 5.74) is 0. The van der Waals surface area contributed by atoms with Crippen LogP contribution in [0.1, 0.15) is 1.43 Å². The third-order valence-electron chi connectivity index (χ3n) is 1.28. The van der Waals surface area contributed by atoms with E-state index >= 15 is 0 Å². The number of hydrogen-bond acceptors (Lipinski definition) is 3. The van der Waals surface area contributed by atoms with Gasteiger partial charge in [-0.05, 0) is 46.4 Å². The molecule has 1 atom stereocenters. The second-order valence-electron chi connectivity index (χ2n) is 3.73. The molecule has 0 amide bonds. The fourth-order valence-corrected chi connectivity index (χ4v) is 0.736. The Hall–Kier alpha value is 0.262. The molecule has 34 heavy (non-hydrogen) atoms. The standard InChI is InChI=1S/C3Cl2F6O.C3Cl2F4O.C3F6O.Cu.Pd.H2/c4-1(6,7)2(5,8)12-3(9,10)11;4-1(6)2(5)10-3(7,8)9;4-1(5)2(6)10-3(7,8)9;;;/h;;;;;1H/b;2-1+;;;;. The zero-order valence-electron chi connectivity index (χ0n) is 13.9. The summed E-state index contributed by atoms with van der Waals surface area (Å²) in [6.45, 7) is 0. The van der Waals surface area contributed by atoms with Gasteiger partial charge in [-0.3, -0.25) is 0 Å².